The van der Waals surface area contributed by atoms with Gasteiger partial charge in [0.25, 0.3) is 0 Å². The fourth-order valence-electron chi connectivity index (χ4n) is 6.31. The van der Waals surface area contributed by atoms with Crippen molar-refractivity contribution in [1.82, 2.24) is 20.9 Å². The number of hydrogen-bond donors (Lipinski definition) is 3. The van der Waals surface area contributed by atoms with Gasteiger partial charge in [0.15, 0.2) is 0 Å². The van der Waals surface area contributed by atoms with Crippen LogP contribution in [-0.4, -0.2) is 112 Å². The van der Waals surface area contributed by atoms with Gasteiger partial charge in [0.1, 0.15) is 18.4 Å². The Morgan fingerprint density at radius 3 is 1.78 bits per heavy atom. The van der Waals surface area contributed by atoms with Crippen LogP contribution >= 0.6 is 0 Å². The topological polar surface area (TPSA) is 192 Å². The number of ether oxygens (including phenoxy) is 3. The van der Waals surface area contributed by atoms with Crippen molar-refractivity contribution in [2.24, 2.45) is 0 Å². The number of aldehydes is 1. The molecule has 1 aliphatic heterocycles. The molecule has 1 saturated heterocycles. The minimum absolute atomic E-state index is 0. The Morgan fingerprint density at radius 1 is 0.709 bits per heavy atom. The molecule has 4 amide bonds. The number of rotatable bonds is 37. The number of amides is 4. The third-order valence-corrected chi connectivity index (χ3v) is 9.43. The fourth-order valence-corrected chi connectivity index (χ4v) is 6.31. The maximum atomic E-state index is 13.3. The zero-order chi connectivity index (χ0) is 39.5. The predicted molar refractivity (Wildman–Crippen MR) is 204 cm³/mol. The van der Waals surface area contributed by atoms with Gasteiger partial charge in [0, 0.05) is 58.1 Å². The van der Waals surface area contributed by atoms with Crippen LogP contribution in [0.5, 0.6) is 0 Å². The average molecular weight is 791 g/mol. The van der Waals surface area contributed by atoms with E-state index >= 15 is 0 Å². The molecule has 14 nitrogen and oxygen atoms in total. The molecule has 2 unspecified atom stereocenters. The molecule has 0 radical (unpaired) electrons. The normalized spacial score (nSPS) is 14.2. The molecule has 0 aliphatic carbocycles. The first-order chi connectivity index (χ1) is 26.3. The quantitative estimate of drug-likeness (QED) is 0.0454. The van der Waals surface area contributed by atoms with Gasteiger partial charge < -0.3 is 49.8 Å². The van der Waals surface area contributed by atoms with E-state index in [2.05, 4.69) is 22.9 Å². The molecular formula is C40H71N4NaO10. The number of carbonyl (C=O) groups excluding carboxylic acids is 6. The van der Waals surface area contributed by atoms with Crippen molar-refractivity contribution in [3.63, 3.8) is 0 Å². The van der Waals surface area contributed by atoms with E-state index in [0.29, 0.717) is 84.8 Å². The Morgan fingerprint density at radius 2 is 1.24 bits per heavy atom. The zero-order valence-electron chi connectivity index (χ0n) is 34.2. The minimum Gasteiger partial charge on any atom is -0.550 e. The van der Waals surface area contributed by atoms with Gasteiger partial charge in [-0.05, 0) is 44.9 Å². The second-order valence-electron chi connectivity index (χ2n) is 14.1. The summed E-state index contributed by atoms with van der Waals surface area (Å²) >= 11 is 0. The van der Waals surface area contributed by atoms with Crippen LogP contribution in [0.4, 0.5) is 0 Å². The number of unbranched alkanes of at least 4 members (excludes halogenated alkanes) is 12. The Hall–Kier alpha value is -2.10. The smallest absolute Gasteiger partial charge is 0.550 e. The second-order valence-corrected chi connectivity index (χ2v) is 14.1. The van der Waals surface area contributed by atoms with Crippen LogP contribution in [-0.2, 0) is 43.0 Å². The summed E-state index contributed by atoms with van der Waals surface area (Å²) in [5, 5.41) is 19.3. The van der Waals surface area contributed by atoms with Crippen LogP contribution in [0.2, 0.25) is 0 Å². The summed E-state index contributed by atoms with van der Waals surface area (Å²) in [5.74, 6) is -2.43. The van der Waals surface area contributed by atoms with Crippen molar-refractivity contribution < 1.29 is 77.6 Å². The Kier molecular flexibility index (Phi) is 36.0. The number of carboxylic acids is 1. The summed E-state index contributed by atoms with van der Waals surface area (Å²) in [6, 6.07) is -1.72. The van der Waals surface area contributed by atoms with Crippen molar-refractivity contribution in [2.45, 2.75) is 160 Å². The van der Waals surface area contributed by atoms with Gasteiger partial charge in [0.05, 0.1) is 26.4 Å². The standard InChI is InChI=1S/C40H72N4O10.Na/c1-2-3-4-5-6-7-8-9-10-11-12-13-14-21-37(47)44-26-15-19-35(44)40(51)43-34(22-23-38(48)49)39(50)42-25-18-29-53-31-33-54-32-30-52-28-17-24-41-36(46)20-16-27-45;/h27,34-35H,2-26,28-33H2,1H3,(H,41,46)(H,42,50)(H,43,51)(H,48,49);/q;+1/p-1. The molecule has 1 fully saturated rings. The molecule has 1 aliphatic rings. The molecule has 55 heavy (non-hydrogen) atoms. The third kappa shape index (κ3) is 29.8. The molecule has 3 N–H and O–H groups in total. The van der Waals surface area contributed by atoms with E-state index in [0.717, 1.165) is 25.5 Å². The molecule has 312 valence electrons. The average Bonchev–Trinajstić information content (AvgIpc) is 3.66. The fraction of sp³-hybridized carbons (Fsp3) is 0.850. The van der Waals surface area contributed by atoms with Gasteiger partial charge in [0.2, 0.25) is 23.6 Å². The van der Waals surface area contributed by atoms with Crippen molar-refractivity contribution in [1.29, 1.82) is 0 Å². The molecule has 1 rings (SSSR count). The van der Waals surface area contributed by atoms with Crippen molar-refractivity contribution >= 4 is 35.9 Å². The summed E-state index contributed by atoms with van der Waals surface area (Å²) in [6.07, 6.45) is 19.3. The second kappa shape index (κ2) is 37.5. The first-order valence-corrected chi connectivity index (χ1v) is 20.8. The molecule has 2 atom stereocenters. The van der Waals surface area contributed by atoms with E-state index in [4.69, 9.17) is 14.2 Å². The van der Waals surface area contributed by atoms with Crippen molar-refractivity contribution in [3.05, 3.63) is 0 Å². The van der Waals surface area contributed by atoms with Gasteiger partial charge in [-0.1, -0.05) is 84.0 Å². The molecular weight excluding hydrogens is 719 g/mol. The van der Waals surface area contributed by atoms with Crippen molar-refractivity contribution in [3.8, 4) is 0 Å². The predicted octanol–water partition coefficient (Wildman–Crippen LogP) is 0.519. The van der Waals surface area contributed by atoms with Crippen LogP contribution in [0.3, 0.4) is 0 Å². The minimum atomic E-state index is -1.31. The number of likely N-dealkylation sites (tertiary alicyclic amines) is 1. The van der Waals surface area contributed by atoms with Gasteiger partial charge in [-0.25, -0.2) is 0 Å². The number of nitrogens with one attached hydrogen (secondary N) is 3. The number of aliphatic carboxylic acids is 1. The largest absolute Gasteiger partial charge is 1.00 e. The maximum Gasteiger partial charge on any atom is 1.00 e. The number of carboxylic acid groups (broad SMARTS) is 1. The molecule has 0 aromatic carbocycles. The van der Waals surface area contributed by atoms with E-state index in [1.807, 2.05) is 0 Å². The summed E-state index contributed by atoms with van der Waals surface area (Å²) in [5.41, 5.74) is 0. The first-order valence-electron chi connectivity index (χ1n) is 20.8. The van der Waals surface area contributed by atoms with E-state index in [1.165, 1.54) is 64.2 Å². The van der Waals surface area contributed by atoms with Gasteiger partial charge in [-0.15, -0.1) is 0 Å². The number of hydrogen-bond acceptors (Lipinski definition) is 10. The van der Waals surface area contributed by atoms with Crippen LogP contribution in [0.25, 0.3) is 0 Å². The van der Waals surface area contributed by atoms with E-state index in [-0.39, 0.29) is 73.6 Å². The molecule has 15 heteroatoms. The monoisotopic (exact) mass is 791 g/mol. The zero-order valence-corrected chi connectivity index (χ0v) is 36.2. The van der Waals surface area contributed by atoms with E-state index in [1.54, 1.807) is 4.90 Å². The summed E-state index contributed by atoms with van der Waals surface area (Å²) < 4.78 is 16.4. The van der Waals surface area contributed by atoms with Gasteiger partial charge >= 0.3 is 29.6 Å². The third-order valence-electron chi connectivity index (χ3n) is 9.43. The SMILES string of the molecule is CCCCCCCCCCCCCCCC(=O)N1CCCC1C(=O)NC(CCC(=O)[O-])C(=O)NCCCOCCOCCOCCCNC(=O)CCC=O.[Na+]. The molecule has 1 heterocycles. The Labute approximate surface area is 352 Å². The van der Waals surface area contributed by atoms with Gasteiger partial charge in [-0.3, -0.25) is 19.2 Å². The van der Waals surface area contributed by atoms with E-state index in [9.17, 15) is 33.9 Å². The van der Waals surface area contributed by atoms with Crippen LogP contribution in [0.1, 0.15) is 148 Å². The van der Waals surface area contributed by atoms with E-state index < -0.39 is 29.9 Å². The van der Waals surface area contributed by atoms with Crippen molar-refractivity contribution in [2.75, 3.05) is 59.3 Å². The summed E-state index contributed by atoms with van der Waals surface area (Å²) in [6.45, 7) is 5.90. The van der Waals surface area contributed by atoms with Crippen LogP contribution in [0.15, 0.2) is 0 Å². The molecule has 0 bridgehead atoms. The number of carbonyl (C=O) groups is 6. The van der Waals surface area contributed by atoms with Gasteiger partial charge in [-0.2, -0.15) is 0 Å². The summed E-state index contributed by atoms with van der Waals surface area (Å²) in [7, 11) is 0. The Balaban J connectivity index is 0.0000292. The maximum absolute atomic E-state index is 13.3. The summed E-state index contributed by atoms with van der Waals surface area (Å²) in [4.78, 5) is 73.7. The molecule has 0 aromatic rings. The Bertz CT molecular complexity index is 1040. The molecule has 0 spiro atoms. The van der Waals surface area contributed by atoms with Crippen LogP contribution < -0.4 is 50.6 Å². The van der Waals surface area contributed by atoms with Crippen LogP contribution in [0, 0.1) is 0 Å². The molecule has 0 aromatic heterocycles. The molecule has 0 saturated carbocycles. The number of nitrogens with zero attached hydrogens (tertiary/aromatic N) is 1. The first kappa shape index (κ1) is 52.9.